The first-order valence-electron chi connectivity index (χ1n) is 13.5. The van der Waals surface area contributed by atoms with Gasteiger partial charge in [0.15, 0.2) is 17.4 Å². The Hall–Kier alpha value is -5.31. The molecule has 5 rings (SSSR count). The summed E-state index contributed by atoms with van der Waals surface area (Å²) in [7, 11) is 0. The second-order valence-corrected chi connectivity index (χ2v) is 10.7. The smallest absolute Gasteiger partial charge is 0.435 e. The molecule has 0 atom stereocenters. The monoisotopic (exact) mass is 581 g/mol. The van der Waals surface area contributed by atoms with E-state index in [1.54, 1.807) is 51.1 Å². The number of ether oxygens (including phenoxy) is 2. The summed E-state index contributed by atoms with van der Waals surface area (Å²) < 4.78 is 41.1. The lowest BCUT2D eigenvalue weighted by Crippen LogP contribution is -2.29. The van der Waals surface area contributed by atoms with Gasteiger partial charge in [-0.05, 0) is 62.7 Å². The molecule has 1 heterocycles. The number of amides is 1. The Bertz CT molecular complexity index is 1730. The molecule has 7 nitrogen and oxygen atoms in total. The van der Waals surface area contributed by atoms with Crippen LogP contribution in [0.2, 0.25) is 0 Å². The molecular weight excluding hydrogens is 552 g/mol. The van der Waals surface area contributed by atoms with E-state index in [1.165, 1.54) is 47.4 Å². The van der Waals surface area contributed by atoms with Crippen molar-refractivity contribution < 1.29 is 27.8 Å². The van der Waals surface area contributed by atoms with Gasteiger partial charge in [-0.15, -0.1) is 5.10 Å². The molecule has 0 aliphatic heterocycles. The molecule has 4 aromatic carbocycles. The minimum atomic E-state index is -0.817. The van der Waals surface area contributed by atoms with Gasteiger partial charge in [-0.2, -0.15) is 4.68 Å². The van der Waals surface area contributed by atoms with Crippen LogP contribution in [0.3, 0.4) is 0 Å². The van der Waals surface area contributed by atoms with Gasteiger partial charge in [-0.1, -0.05) is 60.7 Å². The Labute approximate surface area is 247 Å². The van der Waals surface area contributed by atoms with E-state index in [-0.39, 0.29) is 29.4 Å². The summed E-state index contributed by atoms with van der Waals surface area (Å²) in [5.41, 5.74) is 1.38. The zero-order valence-corrected chi connectivity index (χ0v) is 23.8. The van der Waals surface area contributed by atoms with Crippen molar-refractivity contribution in [3.63, 3.8) is 0 Å². The number of carbonyl (C=O) groups is 2. The van der Waals surface area contributed by atoms with Crippen molar-refractivity contribution in [2.24, 2.45) is 0 Å². The molecule has 5 aromatic rings. The van der Waals surface area contributed by atoms with Crippen LogP contribution in [0.1, 0.15) is 36.7 Å². The Balaban J connectivity index is 1.62. The Kier molecular flexibility index (Phi) is 8.34. The van der Waals surface area contributed by atoms with Crippen LogP contribution in [0, 0.1) is 11.6 Å². The minimum absolute atomic E-state index is 0.0552. The van der Waals surface area contributed by atoms with Crippen molar-refractivity contribution >= 4 is 23.5 Å². The van der Waals surface area contributed by atoms with E-state index >= 15 is 0 Å². The summed E-state index contributed by atoms with van der Waals surface area (Å²) in [6.45, 7) is 5.30. The highest BCUT2D eigenvalue weighted by molar-refractivity contribution is 6.10. The fourth-order valence-electron chi connectivity index (χ4n) is 4.29. The van der Waals surface area contributed by atoms with Gasteiger partial charge < -0.3 is 9.47 Å². The topological polar surface area (TPSA) is 73.7 Å². The summed E-state index contributed by atoms with van der Waals surface area (Å²) in [5, 5.41) is 4.50. The number of rotatable bonds is 7. The molecule has 0 bridgehead atoms. The van der Waals surface area contributed by atoms with E-state index in [4.69, 9.17) is 9.47 Å². The number of anilines is 2. The third-order valence-corrected chi connectivity index (χ3v) is 6.27. The maximum atomic E-state index is 14.9. The van der Waals surface area contributed by atoms with E-state index in [9.17, 15) is 18.4 Å². The summed E-state index contributed by atoms with van der Waals surface area (Å²) >= 11 is 0. The second kappa shape index (κ2) is 12.3. The van der Waals surface area contributed by atoms with Gasteiger partial charge in [-0.3, -0.25) is 9.69 Å². The molecule has 0 spiro atoms. The van der Waals surface area contributed by atoms with Gasteiger partial charge in [0.1, 0.15) is 18.0 Å². The number of nitrogens with zero attached hydrogens (tertiary/aromatic N) is 3. The maximum Gasteiger partial charge on any atom is 0.435 e. The van der Waals surface area contributed by atoms with Crippen LogP contribution >= 0.6 is 0 Å². The van der Waals surface area contributed by atoms with Crippen molar-refractivity contribution in [1.82, 2.24) is 9.78 Å². The third-order valence-electron chi connectivity index (χ3n) is 6.27. The standard InChI is InChI=1S/C34H29F2N3O4/c1-34(2,3)43-33(41)39-29(24-12-8-5-9-13-24)21-31(37-39)38(32(40)25-14-16-26(35)17-15-25)27-18-19-28(36)30(20-27)42-22-23-10-6-4-7-11-23/h4-21H,22H2,1-3H3. The first kappa shape index (κ1) is 29.2. The Morgan fingerprint density at radius 2 is 1.49 bits per heavy atom. The van der Waals surface area contributed by atoms with Crippen LogP contribution in [0.5, 0.6) is 5.75 Å². The Morgan fingerprint density at radius 3 is 2.14 bits per heavy atom. The first-order valence-corrected chi connectivity index (χ1v) is 13.5. The lowest BCUT2D eigenvalue weighted by Gasteiger charge is -2.22. The molecule has 1 amide bonds. The lowest BCUT2D eigenvalue weighted by molar-refractivity contribution is 0.0517. The predicted molar refractivity (Wildman–Crippen MR) is 159 cm³/mol. The maximum absolute atomic E-state index is 14.9. The van der Waals surface area contributed by atoms with Gasteiger partial charge in [0.25, 0.3) is 5.91 Å². The number of hydrogen-bond donors (Lipinski definition) is 0. The number of hydrogen-bond acceptors (Lipinski definition) is 5. The zero-order chi connectivity index (χ0) is 30.6. The summed E-state index contributed by atoms with van der Waals surface area (Å²) in [6, 6.07) is 28.8. The molecule has 43 heavy (non-hydrogen) atoms. The average molecular weight is 582 g/mol. The zero-order valence-electron chi connectivity index (χ0n) is 23.8. The minimum Gasteiger partial charge on any atom is -0.486 e. The molecule has 0 fully saturated rings. The Morgan fingerprint density at radius 1 is 0.837 bits per heavy atom. The van der Waals surface area contributed by atoms with Gasteiger partial charge >= 0.3 is 6.09 Å². The van der Waals surface area contributed by atoms with Gasteiger partial charge in [-0.25, -0.2) is 13.6 Å². The van der Waals surface area contributed by atoms with Crippen LogP contribution in [0.4, 0.5) is 25.1 Å². The van der Waals surface area contributed by atoms with Crippen LogP contribution in [-0.4, -0.2) is 27.4 Å². The van der Waals surface area contributed by atoms with Crippen molar-refractivity contribution in [2.75, 3.05) is 4.90 Å². The highest BCUT2D eigenvalue weighted by atomic mass is 19.1. The fraction of sp³-hybridized carbons (Fsp3) is 0.147. The number of halogens is 2. The van der Waals surface area contributed by atoms with Crippen LogP contribution in [-0.2, 0) is 11.3 Å². The summed E-state index contributed by atoms with van der Waals surface area (Å²) in [4.78, 5) is 28.5. The van der Waals surface area contributed by atoms with E-state index in [0.29, 0.717) is 11.3 Å². The van der Waals surface area contributed by atoms with Crippen molar-refractivity contribution in [2.45, 2.75) is 33.0 Å². The van der Waals surface area contributed by atoms with Crippen molar-refractivity contribution in [1.29, 1.82) is 0 Å². The van der Waals surface area contributed by atoms with Gasteiger partial charge in [0.2, 0.25) is 0 Å². The van der Waals surface area contributed by atoms with E-state index < -0.39 is 29.2 Å². The van der Waals surface area contributed by atoms with E-state index in [1.807, 2.05) is 36.4 Å². The third kappa shape index (κ3) is 6.95. The molecule has 0 N–H and O–H groups in total. The normalized spacial score (nSPS) is 11.2. The molecule has 0 saturated carbocycles. The molecule has 0 aliphatic carbocycles. The van der Waals surface area contributed by atoms with Crippen molar-refractivity contribution in [3.05, 3.63) is 132 Å². The first-order chi connectivity index (χ1) is 20.6. The molecule has 9 heteroatoms. The molecule has 0 aliphatic rings. The number of aromatic nitrogens is 2. The summed E-state index contributed by atoms with van der Waals surface area (Å²) in [6.07, 6.45) is -0.752. The van der Waals surface area contributed by atoms with Crippen LogP contribution in [0.15, 0.2) is 109 Å². The highest BCUT2D eigenvalue weighted by Gasteiger charge is 2.28. The van der Waals surface area contributed by atoms with Gasteiger partial charge in [0, 0.05) is 23.3 Å². The summed E-state index contributed by atoms with van der Waals surface area (Å²) in [5.74, 6) is -1.76. The second-order valence-electron chi connectivity index (χ2n) is 10.7. The van der Waals surface area contributed by atoms with Gasteiger partial charge in [0.05, 0.1) is 11.4 Å². The average Bonchev–Trinajstić information content (AvgIpc) is 3.43. The van der Waals surface area contributed by atoms with Crippen LogP contribution < -0.4 is 9.64 Å². The van der Waals surface area contributed by atoms with Crippen molar-refractivity contribution in [3.8, 4) is 17.0 Å². The molecular formula is C34H29F2N3O4. The molecule has 0 radical (unpaired) electrons. The lowest BCUT2D eigenvalue weighted by atomic mass is 10.1. The SMILES string of the molecule is CC(C)(C)OC(=O)n1nc(N(C(=O)c2ccc(F)cc2)c2ccc(F)c(OCc3ccccc3)c2)cc1-c1ccccc1. The van der Waals surface area contributed by atoms with E-state index in [2.05, 4.69) is 5.10 Å². The highest BCUT2D eigenvalue weighted by Crippen LogP contribution is 2.34. The van der Waals surface area contributed by atoms with Crippen LogP contribution in [0.25, 0.3) is 11.3 Å². The largest absolute Gasteiger partial charge is 0.486 e. The quantitative estimate of drug-likeness (QED) is 0.194. The fourth-order valence-corrected chi connectivity index (χ4v) is 4.29. The number of benzene rings is 4. The molecule has 0 unspecified atom stereocenters. The molecule has 1 aromatic heterocycles. The molecule has 218 valence electrons. The molecule has 0 saturated heterocycles. The predicted octanol–water partition coefficient (Wildman–Crippen LogP) is 8.17. The number of carbonyl (C=O) groups excluding carboxylic acids is 2. The van der Waals surface area contributed by atoms with E-state index in [0.717, 1.165) is 10.2 Å².